The lowest BCUT2D eigenvalue weighted by Gasteiger charge is -2.00. The van der Waals surface area contributed by atoms with Gasteiger partial charge in [-0.15, -0.1) is 11.3 Å². The van der Waals surface area contributed by atoms with E-state index in [1.807, 2.05) is 5.38 Å². The van der Waals surface area contributed by atoms with Crippen molar-refractivity contribution in [3.05, 3.63) is 47.7 Å². The van der Waals surface area contributed by atoms with E-state index in [0.717, 1.165) is 27.9 Å². The number of rotatable bonds is 1. The number of hydrogen-bond donors (Lipinski definition) is 0. The van der Waals surface area contributed by atoms with Crippen LogP contribution in [-0.4, -0.2) is 9.97 Å². The normalized spacial score (nSPS) is 10.9. The number of thiophene rings is 1. The Morgan fingerprint density at radius 3 is 2.88 bits per heavy atom. The molecule has 0 spiro atoms. The van der Waals surface area contributed by atoms with Crippen molar-refractivity contribution in [1.29, 1.82) is 0 Å². The lowest BCUT2D eigenvalue weighted by atomic mass is 10.1. The number of halogens is 2. The van der Waals surface area contributed by atoms with E-state index in [4.69, 9.17) is 0 Å². The average molecular weight is 247 g/mol. The maximum atomic E-state index is 13.2. The van der Waals surface area contributed by atoms with E-state index in [0.29, 0.717) is 5.56 Å². The maximum absolute atomic E-state index is 13.2. The van der Waals surface area contributed by atoms with E-state index in [1.54, 1.807) is 0 Å². The van der Waals surface area contributed by atoms with Crippen molar-refractivity contribution in [2.45, 2.75) is 0 Å². The summed E-state index contributed by atoms with van der Waals surface area (Å²) in [5.74, 6) is -1.72. The number of fused-ring (bicyclic) bond motifs is 1. The van der Waals surface area contributed by atoms with E-state index in [9.17, 15) is 8.78 Å². The summed E-state index contributed by atoms with van der Waals surface area (Å²) in [5, 5.41) is 2.56. The SMILES string of the molecule is Fc1ccc(-c2csc3ncn[c]c23)cc1F. The molecule has 3 rings (SSSR count). The monoisotopic (exact) mass is 247 g/mol. The van der Waals surface area contributed by atoms with Crippen molar-refractivity contribution in [2.75, 3.05) is 0 Å². The second kappa shape index (κ2) is 3.85. The van der Waals surface area contributed by atoms with Crippen molar-refractivity contribution in [3.8, 4) is 11.1 Å². The standard InChI is InChI=1S/C12H5F2N2S/c13-10-2-1-7(3-11(10)14)9-5-17-12-8(9)4-15-6-16-12/h1-3,5-6H. The topological polar surface area (TPSA) is 25.8 Å². The first kappa shape index (κ1) is 10.3. The molecule has 0 fully saturated rings. The molecule has 1 aromatic carbocycles. The van der Waals surface area contributed by atoms with Crippen LogP contribution in [0.4, 0.5) is 8.78 Å². The van der Waals surface area contributed by atoms with Gasteiger partial charge in [0.2, 0.25) is 0 Å². The molecule has 17 heavy (non-hydrogen) atoms. The van der Waals surface area contributed by atoms with Gasteiger partial charge in [-0.2, -0.15) is 0 Å². The van der Waals surface area contributed by atoms with Crippen LogP contribution in [0.3, 0.4) is 0 Å². The lowest BCUT2D eigenvalue weighted by molar-refractivity contribution is 0.509. The second-order valence-electron chi connectivity index (χ2n) is 3.44. The van der Waals surface area contributed by atoms with Gasteiger partial charge in [0, 0.05) is 16.3 Å². The molecule has 1 radical (unpaired) electrons. The third-order valence-electron chi connectivity index (χ3n) is 2.41. The summed E-state index contributed by atoms with van der Waals surface area (Å²) in [6.07, 6.45) is 4.22. The average Bonchev–Trinajstić information content (AvgIpc) is 2.76. The molecule has 0 amide bonds. The zero-order chi connectivity index (χ0) is 11.8. The minimum atomic E-state index is -0.862. The Balaban J connectivity index is 2.24. The van der Waals surface area contributed by atoms with Crippen LogP contribution < -0.4 is 0 Å². The lowest BCUT2D eigenvalue weighted by Crippen LogP contribution is -1.85. The molecule has 2 aromatic heterocycles. The Bertz CT molecular complexity index is 694. The molecule has 2 heterocycles. The number of nitrogens with zero attached hydrogens (tertiary/aromatic N) is 2. The molecule has 0 saturated carbocycles. The molecule has 0 aliphatic rings. The van der Waals surface area contributed by atoms with Crippen LogP contribution in [0.5, 0.6) is 0 Å². The Morgan fingerprint density at radius 2 is 2.06 bits per heavy atom. The summed E-state index contributed by atoms with van der Waals surface area (Å²) in [7, 11) is 0. The Kier molecular flexibility index (Phi) is 2.33. The molecule has 83 valence electrons. The molecule has 2 nitrogen and oxygen atoms in total. The van der Waals surface area contributed by atoms with E-state index in [2.05, 4.69) is 16.2 Å². The Morgan fingerprint density at radius 1 is 1.18 bits per heavy atom. The van der Waals surface area contributed by atoms with E-state index >= 15 is 0 Å². The Labute approximate surface area is 99.6 Å². The minimum Gasteiger partial charge on any atom is -0.234 e. The fraction of sp³-hybridized carbons (Fsp3) is 0. The van der Waals surface area contributed by atoms with Gasteiger partial charge < -0.3 is 0 Å². The van der Waals surface area contributed by atoms with Crippen molar-refractivity contribution in [1.82, 2.24) is 9.97 Å². The van der Waals surface area contributed by atoms with Gasteiger partial charge >= 0.3 is 0 Å². The van der Waals surface area contributed by atoms with Gasteiger partial charge in [0.1, 0.15) is 17.4 Å². The highest BCUT2D eigenvalue weighted by Crippen LogP contribution is 2.32. The number of hydrogen-bond acceptors (Lipinski definition) is 3. The van der Waals surface area contributed by atoms with Gasteiger partial charge in [-0.25, -0.2) is 18.7 Å². The molecule has 0 unspecified atom stereocenters. The first-order chi connectivity index (χ1) is 8.25. The van der Waals surface area contributed by atoms with Crippen LogP contribution in [0.25, 0.3) is 21.3 Å². The molecular weight excluding hydrogens is 242 g/mol. The fourth-order valence-corrected chi connectivity index (χ4v) is 2.47. The summed E-state index contributed by atoms with van der Waals surface area (Å²) < 4.78 is 26.0. The van der Waals surface area contributed by atoms with Crippen LogP contribution in [0.2, 0.25) is 0 Å². The molecule has 0 aliphatic carbocycles. The second-order valence-corrected chi connectivity index (χ2v) is 4.30. The molecule has 3 aromatic rings. The molecule has 0 aliphatic heterocycles. The maximum Gasteiger partial charge on any atom is 0.159 e. The van der Waals surface area contributed by atoms with Crippen LogP contribution in [0.1, 0.15) is 0 Å². The molecule has 5 heteroatoms. The van der Waals surface area contributed by atoms with E-state index in [1.165, 1.54) is 23.7 Å². The van der Waals surface area contributed by atoms with Gasteiger partial charge in [-0.1, -0.05) is 6.07 Å². The summed E-state index contributed by atoms with van der Waals surface area (Å²) in [6, 6.07) is 3.80. The third-order valence-corrected chi connectivity index (χ3v) is 3.30. The minimum absolute atomic E-state index is 0.598. The van der Waals surface area contributed by atoms with E-state index < -0.39 is 11.6 Å². The quantitative estimate of drug-likeness (QED) is 0.658. The summed E-state index contributed by atoms with van der Waals surface area (Å²) in [5.41, 5.74) is 1.37. The van der Waals surface area contributed by atoms with Gasteiger partial charge in [-0.3, -0.25) is 0 Å². The van der Waals surface area contributed by atoms with Crippen molar-refractivity contribution >= 4 is 21.6 Å². The molecule has 0 N–H and O–H groups in total. The van der Waals surface area contributed by atoms with Crippen LogP contribution in [0, 0.1) is 17.8 Å². The molecule has 0 saturated heterocycles. The zero-order valence-electron chi connectivity index (χ0n) is 8.45. The predicted molar refractivity (Wildman–Crippen MR) is 61.6 cm³/mol. The zero-order valence-corrected chi connectivity index (χ0v) is 9.26. The molecule has 0 atom stereocenters. The van der Waals surface area contributed by atoms with Crippen molar-refractivity contribution in [3.63, 3.8) is 0 Å². The first-order valence-electron chi connectivity index (χ1n) is 4.81. The van der Waals surface area contributed by atoms with Crippen LogP contribution >= 0.6 is 11.3 Å². The van der Waals surface area contributed by atoms with Gasteiger partial charge in [0.05, 0.1) is 0 Å². The first-order valence-corrected chi connectivity index (χ1v) is 5.69. The van der Waals surface area contributed by atoms with Crippen LogP contribution in [0.15, 0.2) is 29.9 Å². The largest absolute Gasteiger partial charge is 0.234 e. The van der Waals surface area contributed by atoms with Crippen molar-refractivity contribution in [2.24, 2.45) is 0 Å². The summed E-state index contributed by atoms with van der Waals surface area (Å²) in [6.45, 7) is 0. The number of aromatic nitrogens is 2. The van der Waals surface area contributed by atoms with Crippen molar-refractivity contribution < 1.29 is 8.78 Å². The summed E-state index contributed by atoms with van der Waals surface area (Å²) in [4.78, 5) is 8.67. The number of benzene rings is 1. The summed E-state index contributed by atoms with van der Waals surface area (Å²) >= 11 is 1.42. The third kappa shape index (κ3) is 1.68. The highest BCUT2D eigenvalue weighted by Gasteiger charge is 2.10. The smallest absolute Gasteiger partial charge is 0.159 e. The van der Waals surface area contributed by atoms with Crippen LogP contribution in [-0.2, 0) is 0 Å². The van der Waals surface area contributed by atoms with Gasteiger partial charge in [-0.05, 0) is 17.7 Å². The fourth-order valence-electron chi connectivity index (χ4n) is 1.60. The van der Waals surface area contributed by atoms with E-state index in [-0.39, 0.29) is 0 Å². The van der Waals surface area contributed by atoms with Gasteiger partial charge in [0.15, 0.2) is 11.6 Å². The molecule has 0 bridgehead atoms. The predicted octanol–water partition coefficient (Wildman–Crippen LogP) is 3.44. The van der Waals surface area contributed by atoms with Gasteiger partial charge in [0.25, 0.3) is 0 Å². The molecular formula is C12H5F2N2S. The Hall–Kier alpha value is -1.88. The highest BCUT2D eigenvalue weighted by atomic mass is 32.1. The highest BCUT2D eigenvalue weighted by molar-refractivity contribution is 7.17.